The molecule has 0 saturated carbocycles. The van der Waals surface area contributed by atoms with E-state index in [1.807, 2.05) is 23.6 Å². The highest BCUT2D eigenvalue weighted by atomic mass is 32.1. The van der Waals surface area contributed by atoms with Crippen molar-refractivity contribution in [3.63, 3.8) is 0 Å². The highest BCUT2D eigenvalue weighted by Crippen LogP contribution is 2.22. The van der Waals surface area contributed by atoms with Gasteiger partial charge in [0, 0.05) is 42.3 Å². The van der Waals surface area contributed by atoms with Crippen molar-refractivity contribution in [3.8, 4) is 10.7 Å². The molecule has 0 unspecified atom stereocenters. The van der Waals surface area contributed by atoms with Gasteiger partial charge >= 0.3 is 0 Å². The van der Waals surface area contributed by atoms with Crippen molar-refractivity contribution in [2.45, 2.75) is 19.3 Å². The van der Waals surface area contributed by atoms with Gasteiger partial charge in [-0.2, -0.15) is 0 Å². The number of hydrogen-bond acceptors (Lipinski definition) is 8. The molecule has 7 nitrogen and oxygen atoms in total. The van der Waals surface area contributed by atoms with E-state index in [0.29, 0.717) is 18.5 Å². The molecule has 1 aromatic carbocycles. The Morgan fingerprint density at radius 1 is 1.10 bits per heavy atom. The third kappa shape index (κ3) is 5.75. The zero-order chi connectivity index (χ0) is 20.6. The van der Waals surface area contributed by atoms with Gasteiger partial charge in [0.2, 0.25) is 5.95 Å². The van der Waals surface area contributed by atoms with Crippen LogP contribution in [0.4, 0.5) is 17.3 Å². The van der Waals surface area contributed by atoms with Crippen LogP contribution in [0.25, 0.3) is 10.7 Å². The predicted molar refractivity (Wildman–Crippen MR) is 122 cm³/mol. The summed E-state index contributed by atoms with van der Waals surface area (Å²) in [5.41, 5.74) is 2.84. The first-order valence-corrected chi connectivity index (χ1v) is 11.4. The number of aliphatic hydroxyl groups excluding tert-OH is 1. The number of benzene rings is 1. The molecule has 0 spiro atoms. The molecule has 158 valence electrons. The fourth-order valence-electron chi connectivity index (χ4n) is 3.65. The van der Waals surface area contributed by atoms with Crippen LogP contribution in [-0.2, 0) is 0 Å². The SMILES string of the molecule is OCC1CCN(CCCNc2cccc(Nc3nccc(-c4nccs4)n3)c2)CC1. The van der Waals surface area contributed by atoms with Crippen molar-refractivity contribution in [2.24, 2.45) is 5.92 Å². The lowest BCUT2D eigenvalue weighted by atomic mass is 9.98. The Bertz CT molecular complexity index is 912. The lowest BCUT2D eigenvalue weighted by Crippen LogP contribution is -2.35. The second-order valence-electron chi connectivity index (χ2n) is 7.56. The van der Waals surface area contributed by atoms with E-state index in [-0.39, 0.29) is 0 Å². The van der Waals surface area contributed by atoms with Gasteiger partial charge < -0.3 is 20.6 Å². The van der Waals surface area contributed by atoms with Crippen LogP contribution in [-0.4, -0.2) is 57.7 Å². The maximum absolute atomic E-state index is 9.25. The zero-order valence-corrected chi connectivity index (χ0v) is 17.8. The van der Waals surface area contributed by atoms with Crippen LogP contribution in [0.1, 0.15) is 19.3 Å². The normalized spacial score (nSPS) is 15.2. The van der Waals surface area contributed by atoms with E-state index in [1.165, 1.54) is 0 Å². The second-order valence-corrected chi connectivity index (χ2v) is 8.45. The molecule has 3 aromatic rings. The number of piperidine rings is 1. The summed E-state index contributed by atoms with van der Waals surface area (Å²) in [5, 5.41) is 18.9. The van der Waals surface area contributed by atoms with Gasteiger partial charge in [-0.3, -0.25) is 0 Å². The Kier molecular flexibility index (Phi) is 7.23. The summed E-state index contributed by atoms with van der Waals surface area (Å²) >= 11 is 1.56. The molecule has 8 heteroatoms. The number of nitrogens with zero attached hydrogens (tertiary/aromatic N) is 4. The highest BCUT2D eigenvalue weighted by molar-refractivity contribution is 7.13. The number of rotatable bonds is 9. The first kappa shape index (κ1) is 20.7. The lowest BCUT2D eigenvalue weighted by molar-refractivity contribution is 0.131. The molecule has 0 atom stereocenters. The standard InChI is InChI=1S/C22H28N6OS/c29-16-17-6-12-28(13-7-17)11-2-8-23-18-3-1-4-19(15-18)26-22-25-9-5-20(27-22)21-24-10-14-30-21/h1,3-5,9-10,14-15,17,23,29H,2,6-8,11-13,16H2,(H,25,26,27). The molecule has 1 fully saturated rings. The minimum Gasteiger partial charge on any atom is -0.396 e. The van der Waals surface area contributed by atoms with Gasteiger partial charge in [0.25, 0.3) is 0 Å². The molecule has 0 aliphatic carbocycles. The number of nitrogens with one attached hydrogen (secondary N) is 2. The van der Waals surface area contributed by atoms with Gasteiger partial charge in [0.15, 0.2) is 0 Å². The van der Waals surface area contributed by atoms with Gasteiger partial charge in [-0.05, 0) is 69.1 Å². The van der Waals surface area contributed by atoms with Crippen molar-refractivity contribution in [3.05, 3.63) is 48.1 Å². The van der Waals surface area contributed by atoms with E-state index in [9.17, 15) is 5.11 Å². The largest absolute Gasteiger partial charge is 0.396 e. The quantitative estimate of drug-likeness (QED) is 0.450. The number of hydrogen-bond donors (Lipinski definition) is 3. The molecule has 1 aliphatic heterocycles. The summed E-state index contributed by atoms with van der Waals surface area (Å²) in [5.74, 6) is 1.06. The summed E-state index contributed by atoms with van der Waals surface area (Å²) in [6.07, 6.45) is 6.85. The van der Waals surface area contributed by atoms with Crippen molar-refractivity contribution in [1.29, 1.82) is 0 Å². The first-order chi connectivity index (χ1) is 14.8. The Labute approximate surface area is 181 Å². The topological polar surface area (TPSA) is 86.2 Å². The molecule has 3 N–H and O–H groups in total. The maximum atomic E-state index is 9.25. The molecule has 2 aromatic heterocycles. The Balaban J connectivity index is 1.26. The van der Waals surface area contributed by atoms with Gasteiger partial charge in [-0.25, -0.2) is 15.0 Å². The molecule has 3 heterocycles. The average molecular weight is 425 g/mol. The van der Waals surface area contributed by atoms with Crippen LogP contribution in [0.5, 0.6) is 0 Å². The molecule has 4 rings (SSSR count). The number of anilines is 3. The maximum Gasteiger partial charge on any atom is 0.227 e. The smallest absolute Gasteiger partial charge is 0.227 e. The predicted octanol–water partition coefficient (Wildman–Crippen LogP) is 3.85. The lowest BCUT2D eigenvalue weighted by Gasteiger charge is -2.31. The van der Waals surface area contributed by atoms with Crippen LogP contribution in [0, 0.1) is 5.92 Å². The molecule has 1 aliphatic rings. The summed E-state index contributed by atoms with van der Waals surface area (Å²) in [6.45, 7) is 4.56. The number of thiazole rings is 1. The van der Waals surface area contributed by atoms with Crippen LogP contribution in [0.15, 0.2) is 48.1 Å². The molecular weight excluding hydrogens is 396 g/mol. The van der Waals surface area contributed by atoms with E-state index < -0.39 is 0 Å². The van der Waals surface area contributed by atoms with E-state index in [0.717, 1.165) is 67.5 Å². The summed E-state index contributed by atoms with van der Waals surface area (Å²) < 4.78 is 0. The van der Waals surface area contributed by atoms with Gasteiger partial charge in [-0.15, -0.1) is 11.3 Å². The third-order valence-corrected chi connectivity index (χ3v) is 6.17. The molecule has 0 radical (unpaired) electrons. The number of aliphatic hydroxyl groups is 1. The van der Waals surface area contributed by atoms with Gasteiger partial charge in [0.05, 0.1) is 0 Å². The van der Waals surface area contributed by atoms with Crippen molar-refractivity contribution in [2.75, 3.05) is 43.4 Å². The van der Waals surface area contributed by atoms with Crippen LogP contribution in [0.3, 0.4) is 0 Å². The van der Waals surface area contributed by atoms with E-state index in [4.69, 9.17) is 0 Å². The fraction of sp³-hybridized carbons (Fsp3) is 0.409. The third-order valence-electron chi connectivity index (χ3n) is 5.37. The summed E-state index contributed by atoms with van der Waals surface area (Å²) in [4.78, 5) is 15.7. The van der Waals surface area contributed by atoms with Crippen molar-refractivity contribution >= 4 is 28.7 Å². The second kappa shape index (κ2) is 10.5. The van der Waals surface area contributed by atoms with Gasteiger partial charge in [-0.1, -0.05) is 6.07 Å². The van der Waals surface area contributed by atoms with Gasteiger partial charge in [0.1, 0.15) is 10.7 Å². The monoisotopic (exact) mass is 424 g/mol. The fourth-order valence-corrected chi connectivity index (χ4v) is 4.26. The number of likely N-dealkylation sites (tertiary alicyclic amines) is 1. The Hall–Kier alpha value is -2.55. The van der Waals surface area contributed by atoms with E-state index >= 15 is 0 Å². The van der Waals surface area contributed by atoms with E-state index in [1.54, 1.807) is 23.7 Å². The van der Waals surface area contributed by atoms with Crippen molar-refractivity contribution in [1.82, 2.24) is 19.9 Å². The van der Waals surface area contributed by atoms with Crippen LogP contribution < -0.4 is 10.6 Å². The first-order valence-electron chi connectivity index (χ1n) is 10.5. The molecule has 1 saturated heterocycles. The highest BCUT2D eigenvalue weighted by Gasteiger charge is 2.17. The average Bonchev–Trinajstić information content (AvgIpc) is 3.33. The number of aromatic nitrogens is 3. The summed E-state index contributed by atoms with van der Waals surface area (Å²) in [6, 6.07) is 10.1. The van der Waals surface area contributed by atoms with E-state index in [2.05, 4.69) is 42.6 Å². The van der Waals surface area contributed by atoms with Crippen LogP contribution in [0.2, 0.25) is 0 Å². The molecule has 30 heavy (non-hydrogen) atoms. The minimum absolute atomic E-state index is 0.333. The van der Waals surface area contributed by atoms with Crippen molar-refractivity contribution < 1.29 is 5.11 Å². The molecular formula is C22H28N6OS. The minimum atomic E-state index is 0.333. The Morgan fingerprint density at radius 3 is 2.77 bits per heavy atom. The van der Waals surface area contributed by atoms with Crippen LogP contribution >= 0.6 is 11.3 Å². The molecule has 0 bridgehead atoms. The summed E-state index contributed by atoms with van der Waals surface area (Å²) in [7, 11) is 0. The zero-order valence-electron chi connectivity index (χ0n) is 17.0. The Morgan fingerprint density at radius 2 is 1.97 bits per heavy atom. The molecule has 0 amide bonds.